The number of carbonyl (C=O) groups is 1. The van der Waals surface area contributed by atoms with E-state index in [-0.39, 0.29) is 18.6 Å². The Balaban J connectivity index is 1.32. The molecule has 8 heteroatoms. The Morgan fingerprint density at radius 1 is 1.23 bits per heavy atom. The lowest BCUT2D eigenvalue weighted by Gasteiger charge is -2.17. The highest BCUT2D eigenvalue weighted by Crippen LogP contribution is 2.29. The van der Waals surface area contributed by atoms with Crippen molar-refractivity contribution in [2.75, 3.05) is 13.7 Å². The number of rotatable bonds is 6. The molecule has 0 N–H and O–H groups in total. The van der Waals surface area contributed by atoms with E-state index in [0.717, 1.165) is 29.1 Å². The second kappa shape index (κ2) is 8.14. The van der Waals surface area contributed by atoms with Crippen LogP contribution in [0.1, 0.15) is 29.4 Å². The molecule has 156 valence electrons. The van der Waals surface area contributed by atoms with Crippen molar-refractivity contribution in [1.29, 1.82) is 0 Å². The summed E-state index contributed by atoms with van der Waals surface area (Å²) in [7, 11) is 1.76. The van der Waals surface area contributed by atoms with E-state index >= 15 is 0 Å². The largest absolute Gasteiger partial charge is 0.490 e. The molecule has 3 heterocycles. The molecule has 8 nitrogen and oxygen atoms in total. The van der Waals surface area contributed by atoms with Gasteiger partial charge in [-0.25, -0.2) is 4.68 Å². The summed E-state index contributed by atoms with van der Waals surface area (Å²) in [6.45, 7) is 6.34. The van der Waals surface area contributed by atoms with Crippen LogP contribution in [0.4, 0.5) is 0 Å². The molecule has 3 aromatic rings. The molecular weight excluding hydrogens is 382 g/mol. The minimum atomic E-state index is -0.135. The van der Waals surface area contributed by atoms with Crippen LogP contribution in [0.15, 0.2) is 36.4 Å². The van der Waals surface area contributed by atoms with E-state index < -0.39 is 0 Å². The predicted octanol–water partition coefficient (Wildman–Crippen LogP) is 2.64. The van der Waals surface area contributed by atoms with Crippen LogP contribution < -0.4 is 9.47 Å². The highest BCUT2D eigenvalue weighted by Gasteiger charge is 2.19. The second-order valence-corrected chi connectivity index (χ2v) is 7.68. The molecule has 4 rings (SSSR count). The van der Waals surface area contributed by atoms with Gasteiger partial charge in [-0.3, -0.25) is 4.79 Å². The molecule has 1 aromatic carbocycles. The predicted molar refractivity (Wildman–Crippen MR) is 111 cm³/mol. The Bertz CT molecular complexity index is 1060. The Hall–Kier alpha value is -3.42. The summed E-state index contributed by atoms with van der Waals surface area (Å²) in [5.41, 5.74) is 4.14. The van der Waals surface area contributed by atoms with Gasteiger partial charge in [0.05, 0.1) is 5.69 Å². The zero-order valence-corrected chi connectivity index (χ0v) is 17.6. The first kappa shape index (κ1) is 19.9. The Morgan fingerprint density at radius 3 is 2.77 bits per heavy atom. The van der Waals surface area contributed by atoms with Crippen molar-refractivity contribution in [3.8, 4) is 17.4 Å². The van der Waals surface area contributed by atoms with Crippen LogP contribution in [-0.4, -0.2) is 50.5 Å². The lowest BCUT2D eigenvalue weighted by molar-refractivity contribution is -0.132. The van der Waals surface area contributed by atoms with Gasteiger partial charge in [0.25, 0.3) is 5.91 Å². The third-order valence-corrected chi connectivity index (χ3v) is 5.00. The molecule has 0 saturated carbocycles. The summed E-state index contributed by atoms with van der Waals surface area (Å²) in [5, 5.41) is 12.6. The van der Waals surface area contributed by atoms with Crippen LogP contribution in [0.3, 0.4) is 0 Å². The highest BCUT2D eigenvalue weighted by atomic mass is 16.5. The number of aromatic nitrogens is 4. The fourth-order valence-corrected chi connectivity index (χ4v) is 3.55. The number of fused-ring (bicyclic) bond motifs is 1. The maximum atomic E-state index is 12.5. The van der Waals surface area contributed by atoms with E-state index in [0.29, 0.717) is 18.2 Å². The second-order valence-electron chi connectivity index (χ2n) is 7.68. The Kier molecular flexibility index (Phi) is 5.39. The molecule has 0 aliphatic carbocycles. The summed E-state index contributed by atoms with van der Waals surface area (Å²) < 4.78 is 13.0. The van der Waals surface area contributed by atoms with E-state index in [1.165, 1.54) is 5.56 Å². The Labute approximate surface area is 175 Å². The molecule has 1 amide bonds. The van der Waals surface area contributed by atoms with E-state index in [1.807, 2.05) is 32.0 Å². The van der Waals surface area contributed by atoms with Gasteiger partial charge in [-0.15, -0.1) is 10.2 Å². The van der Waals surface area contributed by atoms with Crippen molar-refractivity contribution >= 4 is 5.91 Å². The first-order chi connectivity index (χ1) is 14.4. The molecule has 0 radical (unpaired) electrons. The minimum Gasteiger partial charge on any atom is -0.490 e. The molecular formula is C22H25N5O3. The van der Waals surface area contributed by atoms with Crippen molar-refractivity contribution in [1.82, 2.24) is 24.9 Å². The molecule has 0 unspecified atom stereocenters. The smallest absolute Gasteiger partial charge is 0.260 e. The van der Waals surface area contributed by atoms with Gasteiger partial charge in [0.15, 0.2) is 12.4 Å². The third kappa shape index (κ3) is 4.27. The van der Waals surface area contributed by atoms with E-state index in [2.05, 4.69) is 28.3 Å². The third-order valence-electron chi connectivity index (χ3n) is 5.00. The normalized spacial score (nSPS) is 14.9. The van der Waals surface area contributed by atoms with Gasteiger partial charge in [0, 0.05) is 31.8 Å². The van der Waals surface area contributed by atoms with Gasteiger partial charge in [-0.1, -0.05) is 12.1 Å². The lowest BCUT2D eigenvalue weighted by Crippen LogP contribution is -2.31. The van der Waals surface area contributed by atoms with Gasteiger partial charge in [0.1, 0.15) is 11.9 Å². The van der Waals surface area contributed by atoms with Crippen LogP contribution >= 0.6 is 0 Å². The van der Waals surface area contributed by atoms with Crippen molar-refractivity contribution in [3.05, 3.63) is 58.9 Å². The number of carbonyl (C=O) groups excluding carboxylic acids is 1. The number of hydrogen-bond acceptors (Lipinski definition) is 6. The summed E-state index contributed by atoms with van der Waals surface area (Å²) in [6.07, 6.45) is 1.10. The summed E-state index contributed by atoms with van der Waals surface area (Å²) in [4.78, 5) is 14.1. The molecule has 1 aliphatic heterocycles. The zero-order valence-electron chi connectivity index (χ0n) is 17.6. The van der Waals surface area contributed by atoms with Gasteiger partial charge >= 0.3 is 0 Å². The summed E-state index contributed by atoms with van der Waals surface area (Å²) in [6, 6.07) is 11.5. The zero-order chi connectivity index (χ0) is 21.3. The quantitative estimate of drug-likeness (QED) is 0.625. The van der Waals surface area contributed by atoms with E-state index in [9.17, 15) is 4.79 Å². The van der Waals surface area contributed by atoms with Gasteiger partial charge in [0.2, 0.25) is 5.88 Å². The maximum Gasteiger partial charge on any atom is 0.260 e. The van der Waals surface area contributed by atoms with E-state index in [4.69, 9.17) is 9.47 Å². The number of aryl methyl sites for hydroxylation is 2. The van der Waals surface area contributed by atoms with E-state index in [1.54, 1.807) is 28.8 Å². The number of likely N-dealkylation sites (N-methyl/N-ethyl adjacent to an activating group) is 1. The average molecular weight is 407 g/mol. The molecule has 0 fully saturated rings. The summed E-state index contributed by atoms with van der Waals surface area (Å²) >= 11 is 0. The number of amides is 1. The van der Waals surface area contributed by atoms with Crippen LogP contribution in [0, 0.1) is 13.8 Å². The van der Waals surface area contributed by atoms with Gasteiger partial charge in [-0.05, 0) is 50.1 Å². The average Bonchev–Trinajstić information content (AvgIpc) is 3.26. The van der Waals surface area contributed by atoms with Gasteiger partial charge < -0.3 is 14.4 Å². The first-order valence-corrected chi connectivity index (χ1v) is 9.91. The molecule has 0 bridgehead atoms. The van der Waals surface area contributed by atoms with Crippen molar-refractivity contribution in [2.45, 2.75) is 39.8 Å². The highest BCUT2D eigenvalue weighted by molar-refractivity contribution is 5.77. The molecule has 30 heavy (non-hydrogen) atoms. The lowest BCUT2D eigenvalue weighted by atomic mass is 10.1. The molecule has 1 atom stereocenters. The van der Waals surface area contributed by atoms with Crippen LogP contribution in [-0.2, 0) is 17.8 Å². The Morgan fingerprint density at radius 2 is 2.07 bits per heavy atom. The topological polar surface area (TPSA) is 82.4 Å². The van der Waals surface area contributed by atoms with Crippen LogP contribution in [0.5, 0.6) is 11.6 Å². The standard InChI is InChI=1S/C22H25N5O3/c1-14-9-15(2)27(25-14)20-7-8-21(24-23-20)29-13-22(28)26(4)12-17-5-6-19-18(11-17)10-16(3)30-19/h5-9,11,16H,10,12-13H2,1-4H3/t16-/m0/s1. The SMILES string of the molecule is Cc1cc(C)n(-c2ccc(OCC(=O)N(C)Cc3ccc4c(c3)C[C@H](C)O4)nn2)n1. The van der Waals surface area contributed by atoms with Crippen molar-refractivity contribution in [3.63, 3.8) is 0 Å². The number of hydrogen-bond donors (Lipinski definition) is 0. The fourth-order valence-electron chi connectivity index (χ4n) is 3.55. The monoisotopic (exact) mass is 407 g/mol. The van der Waals surface area contributed by atoms with Crippen molar-refractivity contribution < 1.29 is 14.3 Å². The molecule has 0 saturated heterocycles. The fraction of sp³-hybridized carbons (Fsp3) is 0.364. The maximum absolute atomic E-state index is 12.5. The molecule has 2 aromatic heterocycles. The number of ether oxygens (including phenoxy) is 2. The number of benzene rings is 1. The molecule has 1 aliphatic rings. The minimum absolute atomic E-state index is 0.102. The number of nitrogens with zero attached hydrogens (tertiary/aromatic N) is 5. The van der Waals surface area contributed by atoms with Crippen LogP contribution in [0.2, 0.25) is 0 Å². The summed E-state index contributed by atoms with van der Waals surface area (Å²) in [5.74, 6) is 1.70. The molecule has 0 spiro atoms. The van der Waals surface area contributed by atoms with Crippen LogP contribution in [0.25, 0.3) is 5.82 Å². The first-order valence-electron chi connectivity index (χ1n) is 9.91. The van der Waals surface area contributed by atoms with Crippen molar-refractivity contribution in [2.24, 2.45) is 0 Å². The van der Waals surface area contributed by atoms with Gasteiger partial charge in [-0.2, -0.15) is 5.10 Å².